The van der Waals surface area contributed by atoms with Crippen molar-refractivity contribution in [1.82, 2.24) is 5.32 Å². The number of hydrogen-bond acceptors (Lipinski definition) is 5. The Balaban J connectivity index is 3.93. The van der Waals surface area contributed by atoms with E-state index in [1.54, 1.807) is 6.08 Å². The van der Waals surface area contributed by atoms with Crippen LogP contribution in [-0.2, 0) is 18.4 Å². The maximum absolute atomic E-state index is 12.9. The number of quaternary nitrogens is 1. The molecule has 0 fully saturated rings. The first-order valence-electron chi connectivity index (χ1n) is 27.6. The number of phosphoric acid groups is 1. The summed E-state index contributed by atoms with van der Waals surface area (Å²) in [6.07, 6.45) is 71.1. The number of carbonyl (C=O) groups excluding carboxylic acids is 1. The van der Waals surface area contributed by atoms with Crippen LogP contribution in [0.1, 0.15) is 219 Å². The van der Waals surface area contributed by atoms with E-state index in [0.29, 0.717) is 17.4 Å². The van der Waals surface area contributed by atoms with E-state index in [1.807, 2.05) is 27.2 Å². The summed E-state index contributed by atoms with van der Waals surface area (Å²) in [6.45, 7) is 4.62. The van der Waals surface area contributed by atoms with Crippen LogP contribution >= 0.6 is 7.82 Å². The summed E-state index contributed by atoms with van der Waals surface area (Å²) < 4.78 is 23.5. The van der Waals surface area contributed by atoms with Crippen LogP contribution in [0.2, 0.25) is 0 Å². The Morgan fingerprint density at radius 3 is 1.35 bits per heavy atom. The fourth-order valence-electron chi connectivity index (χ4n) is 7.47. The molecule has 0 spiro atoms. The third-order valence-corrected chi connectivity index (χ3v) is 12.8. The second kappa shape index (κ2) is 49.4. The van der Waals surface area contributed by atoms with Gasteiger partial charge >= 0.3 is 7.82 Å². The van der Waals surface area contributed by atoms with Crippen molar-refractivity contribution in [2.75, 3.05) is 40.9 Å². The van der Waals surface area contributed by atoms with E-state index in [1.165, 1.54) is 122 Å². The first-order chi connectivity index (χ1) is 33.0. The number of nitrogens with zero attached hydrogens (tertiary/aromatic N) is 1. The summed E-state index contributed by atoms with van der Waals surface area (Å²) in [5, 5.41) is 13.8. The van der Waals surface area contributed by atoms with E-state index in [-0.39, 0.29) is 19.1 Å². The van der Waals surface area contributed by atoms with Crippen molar-refractivity contribution >= 4 is 13.7 Å². The molecule has 0 aromatic carbocycles. The average molecular weight is 970 g/mol. The van der Waals surface area contributed by atoms with Crippen molar-refractivity contribution in [2.45, 2.75) is 231 Å². The van der Waals surface area contributed by atoms with Crippen LogP contribution in [0.3, 0.4) is 0 Å². The van der Waals surface area contributed by atoms with Gasteiger partial charge in [-0.2, -0.15) is 0 Å². The Bertz CT molecular complexity index is 1420. The van der Waals surface area contributed by atoms with Crippen molar-refractivity contribution < 1.29 is 32.9 Å². The van der Waals surface area contributed by atoms with Gasteiger partial charge in [0, 0.05) is 6.42 Å². The first kappa shape index (κ1) is 65.4. The Hall–Kier alpha value is -2.58. The normalized spacial score (nSPS) is 14.8. The molecule has 3 unspecified atom stereocenters. The fraction of sp³-hybridized carbons (Fsp3) is 0.712. The lowest BCUT2D eigenvalue weighted by atomic mass is 10.0. The van der Waals surface area contributed by atoms with Crippen molar-refractivity contribution in [2.24, 2.45) is 0 Å². The molecule has 0 aromatic rings. The number of nitrogens with one attached hydrogen (secondary N) is 1. The molecule has 0 saturated carbocycles. The highest BCUT2D eigenvalue weighted by Crippen LogP contribution is 2.43. The van der Waals surface area contributed by atoms with Gasteiger partial charge in [-0.05, 0) is 83.5 Å². The number of aliphatic hydroxyl groups excluding tert-OH is 1. The zero-order valence-corrected chi connectivity index (χ0v) is 45.5. The first-order valence-corrected chi connectivity index (χ1v) is 29.1. The topological polar surface area (TPSA) is 105 Å². The molecule has 3 atom stereocenters. The second-order valence-electron chi connectivity index (χ2n) is 19.6. The molecule has 1 amide bonds. The zero-order valence-electron chi connectivity index (χ0n) is 44.6. The molecule has 0 aliphatic heterocycles. The highest BCUT2D eigenvalue weighted by atomic mass is 31.2. The monoisotopic (exact) mass is 970 g/mol. The predicted octanol–water partition coefficient (Wildman–Crippen LogP) is 16.6. The number of rotatable bonds is 49. The van der Waals surface area contributed by atoms with E-state index >= 15 is 0 Å². The van der Waals surface area contributed by atoms with Gasteiger partial charge in [-0.25, -0.2) is 4.57 Å². The van der Waals surface area contributed by atoms with Gasteiger partial charge in [0.1, 0.15) is 13.2 Å². The highest BCUT2D eigenvalue weighted by Gasteiger charge is 2.27. The van der Waals surface area contributed by atoms with Crippen molar-refractivity contribution in [3.8, 4) is 0 Å². The second-order valence-corrected chi connectivity index (χ2v) is 21.0. The van der Waals surface area contributed by atoms with Crippen LogP contribution in [0.4, 0.5) is 0 Å². The van der Waals surface area contributed by atoms with Gasteiger partial charge in [0.25, 0.3) is 0 Å². The van der Waals surface area contributed by atoms with Crippen LogP contribution in [0.15, 0.2) is 97.2 Å². The van der Waals surface area contributed by atoms with E-state index in [0.717, 1.165) is 77.0 Å². The lowest BCUT2D eigenvalue weighted by Gasteiger charge is -2.25. The third-order valence-electron chi connectivity index (χ3n) is 11.8. The Labute approximate surface area is 419 Å². The molecule has 0 heterocycles. The number of aliphatic hydroxyl groups is 1. The lowest BCUT2D eigenvalue weighted by Crippen LogP contribution is -2.45. The fourth-order valence-corrected chi connectivity index (χ4v) is 8.21. The molecule has 0 rings (SSSR count). The van der Waals surface area contributed by atoms with E-state index in [2.05, 4.69) is 104 Å². The van der Waals surface area contributed by atoms with Crippen LogP contribution in [0, 0.1) is 0 Å². The minimum absolute atomic E-state index is 0.0534. The van der Waals surface area contributed by atoms with Crippen LogP contribution in [-0.4, -0.2) is 73.4 Å². The largest absolute Gasteiger partial charge is 0.472 e. The summed E-state index contributed by atoms with van der Waals surface area (Å²) in [5.41, 5.74) is 0. The summed E-state index contributed by atoms with van der Waals surface area (Å²) in [5.74, 6) is -0.191. The van der Waals surface area contributed by atoms with Gasteiger partial charge in [0.15, 0.2) is 0 Å². The maximum Gasteiger partial charge on any atom is 0.472 e. The van der Waals surface area contributed by atoms with Crippen LogP contribution in [0.5, 0.6) is 0 Å². The number of amides is 1. The van der Waals surface area contributed by atoms with Gasteiger partial charge in [-0.15, -0.1) is 0 Å². The van der Waals surface area contributed by atoms with Crippen molar-refractivity contribution in [1.29, 1.82) is 0 Å². The number of unbranched alkanes of at least 4 members (excludes halogenated alkanes) is 22. The molecule has 0 aliphatic rings. The Morgan fingerprint density at radius 1 is 0.515 bits per heavy atom. The van der Waals surface area contributed by atoms with Gasteiger partial charge in [-0.3, -0.25) is 13.8 Å². The predicted molar refractivity (Wildman–Crippen MR) is 295 cm³/mol. The van der Waals surface area contributed by atoms with E-state index in [9.17, 15) is 19.4 Å². The molecule has 0 aliphatic carbocycles. The molecule has 0 radical (unpaired) electrons. The Morgan fingerprint density at radius 2 is 0.897 bits per heavy atom. The summed E-state index contributed by atoms with van der Waals surface area (Å²) >= 11 is 0. The van der Waals surface area contributed by atoms with Crippen molar-refractivity contribution in [3.05, 3.63) is 97.2 Å². The quantitative estimate of drug-likeness (QED) is 0.0243. The number of likely N-dealkylation sites (N-methyl/N-ethyl adjacent to an activating group) is 1. The van der Waals surface area contributed by atoms with Crippen LogP contribution in [0.25, 0.3) is 0 Å². The molecule has 0 bridgehead atoms. The molecule has 9 heteroatoms. The molecular formula is C59H106N2O6P+. The lowest BCUT2D eigenvalue weighted by molar-refractivity contribution is -0.870. The average Bonchev–Trinajstić information content (AvgIpc) is 3.30. The molecule has 68 heavy (non-hydrogen) atoms. The minimum atomic E-state index is -4.35. The molecule has 8 nitrogen and oxygen atoms in total. The molecule has 0 aromatic heterocycles. The van der Waals surface area contributed by atoms with Gasteiger partial charge in [0.05, 0.1) is 39.9 Å². The smallest absolute Gasteiger partial charge is 0.387 e. The number of allylic oxidation sites excluding steroid dienone is 15. The van der Waals surface area contributed by atoms with Crippen molar-refractivity contribution in [3.63, 3.8) is 0 Å². The highest BCUT2D eigenvalue weighted by molar-refractivity contribution is 7.47. The number of hydrogen-bond donors (Lipinski definition) is 3. The molecular weight excluding hydrogens is 864 g/mol. The van der Waals surface area contributed by atoms with E-state index < -0.39 is 20.0 Å². The van der Waals surface area contributed by atoms with Crippen LogP contribution < -0.4 is 5.32 Å². The standard InChI is InChI=1S/C59H105N2O6P/c1-6-8-10-12-14-16-17-18-19-20-21-22-23-24-25-26-27-28-29-30-31-32-33-34-35-36-37-38-39-40-41-42-43-45-47-49-51-53-59(63)60-57(56-67-68(64,65)66-55-54-61(3,4)5)58(62)52-50-48-46-44-15-13-11-9-7-2/h8,10,14-16,18-19,21-22,24-25,27-28,44,50,52,57-58,62H,6-7,9,11-13,17,20,23,26,29-43,45-49,51,53-56H2,1-5H3,(H-,60,63,64,65)/p+1/b10-8-,16-14-,19-18-,22-21-,25-24-,28-27-,44-15+,52-50+. The molecule has 3 N–H and O–H groups in total. The maximum atomic E-state index is 12.9. The number of carbonyl (C=O) groups is 1. The zero-order chi connectivity index (χ0) is 49.9. The Kier molecular flexibility index (Phi) is 47.5. The summed E-state index contributed by atoms with van der Waals surface area (Å²) in [4.78, 5) is 23.1. The van der Waals surface area contributed by atoms with Gasteiger partial charge in [0.2, 0.25) is 5.91 Å². The minimum Gasteiger partial charge on any atom is -0.387 e. The summed E-state index contributed by atoms with van der Waals surface area (Å²) in [6, 6.07) is -0.864. The SMILES string of the molecule is CC/C=C\C/C=C\C/C=C\C/C=C\C/C=C\C/C=C\CCCCCCCCCCCCCCCCCCCCC(=O)NC(COP(=O)(O)OCC[N+](C)(C)C)C(O)/C=C/CC/C=C/CCCCC. The van der Waals surface area contributed by atoms with Gasteiger partial charge in [-0.1, -0.05) is 227 Å². The van der Waals surface area contributed by atoms with E-state index in [4.69, 9.17) is 9.05 Å². The molecule has 392 valence electrons. The molecule has 0 saturated heterocycles. The third kappa shape index (κ3) is 51.3. The summed E-state index contributed by atoms with van der Waals surface area (Å²) in [7, 11) is 1.55. The van der Waals surface area contributed by atoms with Gasteiger partial charge < -0.3 is 19.8 Å². The number of phosphoric ester groups is 1.